The molecule has 40 heavy (non-hydrogen) atoms. The molecular weight excluding hydrogens is 516 g/mol. The SMILES string of the molecule is CC[C@@H](C)NC(=O)[C@H](Cc1ccccc1)N(Cc1ccccc1Cl)C(=O)CC(c1ccccc1)c1ccccc1. The molecule has 0 aliphatic carbocycles. The van der Waals surface area contributed by atoms with Gasteiger partial charge >= 0.3 is 0 Å². The topological polar surface area (TPSA) is 49.4 Å². The first-order valence-corrected chi connectivity index (χ1v) is 14.3. The van der Waals surface area contributed by atoms with Crippen molar-refractivity contribution in [2.24, 2.45) is 0 Å². The van der Waals surface area contributed by atoms with E-state index in [9.17, 15) is 9.59 Å². The molecule has 1 N–H and O–H groups in total. The van der Waals surface area contributed by atoms with Gasteiger partial charge in [-0.25, -0.2) is 0 Å². The Morgan fingerprint density at radius 3 is 1.85 bits per heavy atom. The monoisotopic (exact) mass is 552 g/mol. The van der Waals surface area contributed by atoms with E-state index in [1.807, 2.05) is 105 Å². The molecule has 0 aliphatic heterocycles. The summed E-state index contributed by atoms with van der Waals surface area (Å²) in [7, 11) is 0. The highest BCUT2D eigenvalue weighted by Gasteiger charge is 2.33. The van der Waals surface area contributed by atoms with Crippen LogP contribution in [0.15, 0.2) is 115 Å². The Balaban J connectivity index is 1.75. The number of nitrogens with zero attached hydrogens (tertiary/aromatic N) is 1. The number of rotatable bonds is 12. The fourth-order valence-corrected chi connectivity index (χ4v) is 5.09. The standard InChI is InChI=1S/C35H37ClN2O2/c1-3-26(2)37-35(40)33(23-27-15-7-4-8-16-27)38(25-30-21-13-14-22-32(30)36)34(39)24-31(28-17-9-5-10-18-28)29-19-11-6-12-20-29/h4-22,26,31,33H,3,23-25H2,1-2H3,(H,37,40)/t26-,33+/m1/s1. The van der Waals surface area contributed by atoms with E-state index in [2.05, 4.69) is 29.6 Å². The van der Waals surface area contributed by atoms with Gasteiger partial charge in [0.05, 0.1) is 0 Å². The zero-order valence-corrected chi connectivity index (χ0v) is 23.9. The fraction of sp³-hybridized carbons (Fsp3) is 0.257. The molecule has 0 fully saturated rings. The average molecular weight is 553 g/mol. The molecule has 2 amide bonds. The molecule has 0 saturated heterocycles. The molecule has 0 aliphatic rings. The normalized spacial score (nSPS) is 12.5. The van der Waals surface area contributed by atoms with Crippen LogP contribution >= 0.6 is 11.6 Å². The van der Waals surface area contributed by atoms with Gasteiger partial charge in [-0.1, -0.05) is 128 Å². The van der Waals surface area contributed by atoms with Gasteiger partial charge in [-0.05, 0) is 41.7 Å². The first kappa shape index (κ1) is 29.1. The minimum absolute atomic E-state index is 0.00979. The third-order valence-corrected chi connectivity index (χ3v) is 7.72. The van der Waals surface area contributed by atoms with Gasteiger partial charge in [0.1, 0.15) is 6.04 Å². The van der Waals surface area contributed by atoms with Crippen LogP contribution in [0.3, 0.4) is 0 Å². The molecule has 206 valence electrons. The van der Waals surface area contributed by atoms with Crippen molar-refractivity contribution in [3.8, 4) is 0 Å². The Labute approximate surface area is 243 Å². The van der Waals surface area contributed by atoms with Crippen molar-refractivity contribution in [1.82, 2.24) is 10.2 Å². The van der Waals surface area contributed by atoms with Gasteiger partial charge in [0.25, 0.3) is 0 Å². The number of nitrogens with one attached hydrogen (secondary N) is 1. The maximum Gasteiger partial charge on any atom is 0.243 e. The molecular formula is C35H37ClN2O2. The second-order valence-electron chi connectivity index (χ2n) is 10.2. The lowest BCUT2D eigenvalue weighted by Crippen LogP contribution is -2.52. The second kappa shape index (κ2) is 14.5. The minimum atomic E-state index is -0.702. The van der Waals surface area contributed by atoms with Gasteiger partial charge in [0, 0.05) is 36.4 Å². The maximum atomic E-state index is 14.4. The third-order valence-electron chi connectivity index (χ3n) is 7.35. The summed E-state index contributed by atoms with van der Waals surface area (Å²) >= 11 is 6.58. The first-order chi connectivity index (χ1) is 19.5. The molecule has 4 nitrogen and oxygen atoms in total. The molecule has 0 radical (unpaired) electrons. The van der Waals surface area contributed by atoms with Crippen molar-refractivity contribution < 1.29 is 9.59 Å². The van der Waals surface area contributed by atoms with Gasteiger partial charge in [-0.3, -0.25) is 9.59 Å². The predicted molar refractivity (Wildman–Crippen MR) is 163 cm³/mol. The van der Waals surface area contributed by atoms with E-state index in [4.69, 9.17) is 11.6 Å². The maximum absolute atomic E-state index is 14.4. The Morgan fingerprint density at radius 2 is 1.30 bits per heavy atom. The summed E-state index contributed by atoms with van der Waals surface area (Å²) in [5, 5.41) is 3.71. The van der Waals surface area contributed by atoms with Gasteiger partial charge in [-0.2, -0.15) is 0 Å². The van der Waals surface area contributed by atoms with Crippen LogP contribution in [0.4, 0.5) is 0 Å². The van der Waals surface area contributed by atoms with Crippen LogP contribution in [0.1, 0.15) is 54.9 Å². The quantitative estimate of drug-likeness (QED) is 0.199. The molecule has 0 saturated carbocycles. The molecule has 0 unspecified atom stereocenters. The highest BCUT2D eigenvalue weighted by atomic mass is 35.5. The number of carbonyl (C=O) groups excluding carboxylic acids is 2. The zero-order chi connectivity index (χ0) is 28.3. The number of halogens is 1. The number of benzene rings is 4. The Hall–Kier alpha value is -3.89. The molecule has 0 bridgehead atoms. The number of hydrogen-bond donors (Lipinski definition) is 1. The highest BCUT2D eigenvalue weighted by molar-refractivity contribution is 6.31. The van der Waals surface area contributed by atoms with Crippen LogP contribution in [0.2, 0.25) is 5.02 Å². The van der Waals surface area contributed by atoms with Crippen molar-refractivity contribution in [3.05, 3.63) is 143 Å². The smallest absolute Gasteiger partial charge is 0.243 e. The van der Waals surface area contributed by atoms with E-state index >= 15 is 0 Å². The van der Waals surface area contributed by atoms with Gasteiger partial charge < -0.3 is 10.2 Å². The van der Waals surface area contributed by atoms with E-state index in [1.165, 1.54) is 0 Å². The lowest BCUT2D eigenvalue weighted by molar-refractivity contribution is -0.141. The van der Waals surface area contributed by atoms with Crippen LogP contribution in [-0.2, 0) is 22.6 Å². The first-order valence-electron chi connectivity index (χ1n) is 13.9. The lowest BCUT2D eigenvalue weighted by atomic mass is 9.87. The molecule has 0 aromatic heterocycles. The van der Waals surface area contributed by atoms with Crippen LogP contribution in [-0.4, -0.2) is 28.8 Å². The Bertz CT molecular complexity index is 1320. The average Bonchev–Trinajstić information content (AvgIpc) is 2.99. The Morgan fingerprint density at radius 1 is 0.775 bits per heavy atom. The molecule has 0 heterocycles. The summed E-state index contributed by atoms with van der Waals surface area (Å²) < 4.78 is 0. The molecule has 2 atom stereocenters. The summed E-state index contributed by atoms with van der Waals surface area (Å²) in [5.41, 5.74) is 3.92. The van der Waals surface area contributed by atoms with Crippen LogP contribution in [0, 0.1) is 0 Å². The summed E-state index contributed by atoms with van der Waals surface area (Å²) in [6.07, 6.45) is 1.42. The van der Waals surface area contributed by atoms with Crippen LogP contribution < -0.4 is 5.32 Å². The minimum Gasteiger partial charge on any atom is -0.352 e. The van der Waals surface area contributed by atoms with Gasteiger partial charge in [0.15, 0.2) is 0 Å². The fourth-order valence-electron chi connectivity index (χ4n) is 4.90. The predicted octanol–water partition coefficient (Wildman–Crippen LogP) is 7.42. The molecule has 5 heteroatoms. The van der Waals surface area contributed by atoms with E-state index in [-0.39, 0.29) is 36.7 Å². The molecule has 4 rings (SSSR count). The van der Waals surface area contributed by atoms with Crippen LogP contribution in [0.25, 0.3) is 0 Å². The second-order valence-corrected chi connectivity index (χ2v) is 10.6. The molecule has 0 spiro atoms. The third kappa shape index (κ3) is 7.83. The van der Waals surface area contributed by atoms with E-state index in [0.29, 0.717) is 11.4 Å². The lowest BCUT2D eigenvalue weighted by Gasteiger charge is -2.33. The van der Waals surface area contributed by atoms with Crippen molar-refractivity contribution >= 4 is 23.4 Å². The van der Waals surface area contributed by atoms with Crippen molar-refractivity contribution in [2.75, 3.05) is 0 Å². The van der Waals surface area contributed by atoms with E-state index in [1.54, 1.807) is 4.90 Å². The van der Waals surface area contributed by atoms with Crippen molar-refractivity contribution in [2.45, 2.75) is 57.7 Å². The van der Waals surface area contributed by atoms with E-state index in [0.717, 1.165) is 28.7 Å². The van der Waals surface area contributed by atoms with Crippen molar-refractivity contribution in [1.29, 1.82) is 0 Å². The summed E-state index contributed by atoms with van der Waals surface area (Å²) in [5.74, 6) is -0.411. The summed E-state index contributed by atoms with van der Waals surface area (Å²) in [6.45, 7) is 4.26. The van der Waals surface area contributed by atoms with Crippen LogP contribution in [0.5, 0.6) is 0 Å². The van der Waals surface area contributed by atoms with Crippen molar-refractivity contribution in [3.63, 3.8) is 0 Å². The summed E-state index contributed by atoms with van der Waals surface area (Å²) in [4.78, 5) is 30.0. The number of amides is 2. The molecule has 4 aromatic rings. The number of hydrogen-bond acceptors (Lipinski definition) is 2. The largest absolute Gasteiger partial charge is 0.352 e. The van der Waals surface area contributed by atoms with Gasteiger partial charge in [-0.15, -0.1) is 0 Å². The van der Waals surface area contributed by atoms with Gasteiger partial charge in [0.2, 0.25) is 11.8 Å². The van der Waals surface area contributed by atoms with E-state index < -0.39 is 6.04 Å². The number of carbonyl (C=O) groups is 2. The molecule has 4 aromatic carbocycles. The Kier molecular flexibility index (Phi) is 10.5. The highest BCUT2D eigenvalue weighted by Crippen LogP contribution is 2.30. The summed E-state index contributed by atoms with van der Waals surface area (Å²) in [6, 6.07) is 36.8. The zero-order valence-electron chi connectivity index (χ0n) is 23.2.